The highest BCUT2D eigenvalue weighted by molar-refractivity contribution is 7.71. The van der Waals surface area contributed by atoms with Crippen LogP contribution in [-0.2, 0) is 0 Å². The molecule has 6 heteroatoms. The van der Waals surface area contributed by atoms with Crippen molar-refractivity contribution >= 4 is 18.1 Å². The van der Waals surface area contributed by atoms with Crippen LogP contribution < -0.4 is 0 Å². The fourth-order valence-corrected chi connectivity index (χ4v) is 2.92. The molecule has 1 aromatic carbocycles. The number of amides is 1. The molecule has 0 aliphatic carbocycles. The minimum atomic E-state index is -0.435. The van der Waals surface area contributed by atoms with E-state index in [9.17, 15) is 9.90 Å². The van der Waals surface area contributed by atoms with E-state index in [1.807, 2.05) is 30.3 Å². The summed E-state index contributed by atoms with van der Waals surface area (Å²) < 4.78 is 2.22. The fourth-order valence-electron chi connectivity index (χ4n) is 2.66. The third kappa shape index (κ3) is 2.77. The molecular weight excluding hydrogens is 286 g/mol. The second-order valence-corrected chi connectivity index (χ2v) is 5.58. The van der Waals surface area contributed by atoms with Crippen LogP contribution >= 0.6 is 12.2 Å². The van der Waals surface area contributed by atoms with Crippen LogP contribution in [0.4, 0.5) is 0 Å². The zero-order valence-electron chi connectivity index (χ0n) is 11.5. The lowest BCUT2D eigenvalue weighted by Crippen LogP contribution is -2.42. The Morgan fingerprint density at radius 1 is 1.33 bits per heavy atom. The van der Waals surface area contributed by atoms with Gasteiger partial charge in [0.1, 0.15) is 5.69 Å². The van der Waals surface area contributed by atoms with E-state index < -0.39 is 6.10 Å². The van der Waals surface area contributed by atoms with Gasteiger partial charge in [-0.3, -0.25) is 9.36 Å². The van der Waals surface area contributed by atoms with Gasteiger partial charge in [0.2, 0.25) is 0 Å². The molecule has 1 fully saturated rings. The normalized spacial score (nSPS) is 18.7. The van der Waals surface area contributed by atoms with Gasteiger partial charge in [-0.15, -0.1) is 0 Å². The molecule has 2 N–H and O–H groups in total. The monoisotopic (exact) mass is 303 g/mol. The molecule has 0 spiro atoms. The van der Waals surface area contributed by atoms with Crippen molar-refractivity contribution in [1.82, 2.24) is 14.5 Å². The number of aliphatic hydroxyl groups is 1. The number of hydrogen-bond acceptors (Lipinski definition) is 3. The molecule has 21 heavy (non-hydrogen) atoms. The summed E-state index contributed by atoms with van der Waals surface area (Å²) >= 11 is 5.29. The number of imidazole rings is 1. The van der Waals surface area contributed by atoms with E-state index in [0.717, 1.165) is 18.5 Å². The number of β-amino-alcohol motifs (C(OH)–C–C–N with tert-alkyl or cyclic N) is 1. The summed E-state index contributed by atoms with van der Waals surface area (Å²) in [6, 6.07) is 9.55. The smallest absolute Gasteiger partial charge is 0.272 e. The number of likely N-dealkylation sites (tertiary alicyclic amines) is 1. The van der Waals surface area contributed by atoms with E-state index in [0.29, 0.717) is 23.6 Å². The molecule has 1 aliphatic rings. The predicted octanol–water partition coefficient (Wildman–Crippen LogP) is 2.13. The van der Waals surface area contributed by atoms with Gasteiger partial charge in [-0.1, -0.05) is 18.2 Å². The minimum Gasteiger partial charge on any atom is -0.391 e. The predicted molar refractivity (Wildman–Crippen MR) is 82.1 cm³/mol. The van der Waals surface area contributed by atoms with Crippen LogP contribution in [0.1, 0.15) is 23.3 Å². The Hall–Kier alpha value is -1.92. The Balaban J connectivity index is 1.96. The fraction of sp³-hybridized carbons (Fsp3) is 0.333. The number of aromatic amines is 1. The first-order valence-corrected chi connectivity index (χ1v) is 7.41. The Bertz CT molecular complexity index is 692. The maximum absolute atomic E-state index is 12.7. The largest absolute Gasteiger partial charge is 0.391 e. The van der Waals surface area contributed by atoms with Crippen molar-refractivity contribution in [3.8, 4) is 5.69 Å². The van der Waals surface area contributed by atoms with Gasteiger partial charge in [-0.25, -0.2) is 0 Å². The molecule has 1 aromatic heterocycles. The lowest BCUT2D eigenvalue weighted by molar-refractivity contribution is 0.0467. The minimum absolute atomic E-state index is 0.107. The molecule has 5 nitrogen and oxygen atoms in total. The Morgan fingerprint density at radius 2 is 2.10 bits per heavy atom. The van der Waals surface area contributed by atoms with E-state index in [1.165, 1.54) is 0 Å². The Labute approximate surface area is 127 Å². The SMILES string of the molecule is O=C(c1c[nH]c(=S)n1-c1ccccc1)N1CCCC(O)C1. The zero-order valence-corrected chi connectivity index (χ0v) is 12.3. The van der Waals surface area contributed by atoms with E-state index >= 15 is 0 Å². The Morgan fingerprint density at radius 3 is 2.81 bits per heavy atom. The number of benzene rings is 1. The van der Waals surface area contributed by atoms with Crippen LogP contribution in [0.2, 0.25) is 0 Å². The lowest BCUT2D eigenvalue weighted by Gasteiger charge is -2.30. The van der Waals surface area contributed by atoms with Gasteiger partial charge in [-0.05, 0) is 37.2 Å². The third-order valence-corrected chi connectivity index (χ3v) is 3.99. The number of hydrogen-bond donors (Lipinski definition) is 2. The molecule has 1 unspecified atom stereocenters. The number of carbonyl (C=O) groups excluding carboxylic acids is 1. The second-order valence-electron chi connectivity index (χ2n) is 5.20. The molecule has 0 saturated carbocycles. The molecule has 0 radical (unpaired) electrons. The number of rotatable bonds is 2. The summed E-state index contributed by atoms with van der Waals surface area (Å²) in [5, 5.41) is 9.74. The number of piperidine rings is 1. The quantitative estimate of drug-likeness (QED) is 0.836. The summed E-state index contributed by atoms with van der Waals surface area (Å²) in [6.07, 6.45) is 2.78. The van der Waals surface area contributed by atoms with E-state index in [2.05, 4.69) is 4.98 Å². The number of nitrogens with zero attached hydrogens (tertiary/aromatic N) is 2. The molecule has 110 valence electrons. The van der Waals surface area contributed by atoms with Gasteiger partial charge in [-0.2, -0.15) is 0 Å². The molecule has 1 amide bonds. The Kier molecular flexibility index (Phi) is 3.90. The van der Waals surface area contributed by atoms with Crippen molar-refractivity contribution in [2.75, 3.05) is 13.1 Å². The number of aromatic nitrogens is 2. The van der Waals surface area contributed by atoms with Crippen molar-refractivity contribution < 1.29 is 9.90 Å². The maximum atomic E-state index is 12.7. The standard InChI is InChI=1S/C15H17N3O2S/c19-12-7-4-8-17(10-12)14(20)13-9-16-15(21)18(13)11-5-2-1-3-6-11/h1-3,5-6,9,12,19H,4,7-8,10H2,(H,16,21). The first-order valence-electron chi connectivity index (χ1n) is 7.00. The molecule has 1 aliphatic heterocycles. The molecule has 2 heterocycles. The highest BCUT2D eigenvalue weighted by Crippen LogP contribution is 2.17. The summed E-state index contributed by atoms with van der Waals surface area (Å²) in [5.74, 6) is -0.107. The third-order valence-electron chi connectivity index (χ3n) is 3.69. The first kappa shape index (κ1) is 14.0. The van der Waals surface area contributed by atoms with Gasteiger partial charge < -0.3 is 15.0 Å². The molecule has 2 aromatic rings. The van der Waals surface area contributed by atoms with Gasteiger partial charge in [0.15, 0.2) is 4.77 Å². The topological polar surface area (TPSA) is 61.3 Å². The molecule has 3 rings (SSSR count). The lowest BCUT2D eigenvalue weighted by atomic mass is 10.1. The van der Waals surface area contributed by atoms with Crippen molar-refractivity contribution in [2.45, 2.75) is 18.9 Å². The van der Waals surface area contributed by atoms with Crippen LogP contribution in [0, 0.1) is 4.77 Å². The summed E-state index contributed by atoms with van der Waals surface area (Å²) in [5.41, 5.74) is 1.35. The second kappa shape index (κ2) is 5.83. The van der Waals surface area contributed by atoms with Crippen LogP contribution in [0.3, 0.4) is 0 Å². The molecule has 0 bridgehead atoms. The van der Waals surface area contributed by atoms with Gasteiger partial charge in [0.25, 0.3) is 5.91 Å². The summed E-state index contributed by atoms with van der Waals surface area (Å²) in [7, 11) is 0. The molecule has 1 atom stereocenters. The van der Waals surface area contributed by atoms with E-state index in [1.54, 1.807) is 15.7 Å². The average molecular weight is 303 g/mol. The number of nitrogens with one attached hydrogen (secondary N) is 1. The van der Waals surface area contributed by atoms with Crippen LogP contribution in [0.5, 0.6) is 0 Å². The highest BCUT2D eigenvalue weighted by atomic mass is 32.1. The van der Waals surface area contributed by atoms with Crippen molar-refractivity contribution in [3.63, 3.8) is 0 Å². The van der Waals surface area contributed by atoms with Gasteiger partial charge in [0, 0.05) is 25.0 Å². The summed E-state index contributed by atoms with van der Waals surface area (Å²) in [6.45, 7) is 1.05. The highest BCUT2D eigenvalue weighted by Gasteiger charge is 2.25. The average Bonchev–Trinajstić information content (AvgIpc) is 2.89. The summed E-state index contributed by atoms with van der Waals surface area (Å²) in [4.78, 5) is 17.3. The number of carbonyl (C=O) groups is 1. The number of H-pyrrole nitrogens is 1. The number of para-hydroxylation sites is 1. The van der Waals surface area contributed by atoms with Gasteiger partial charge in [0.05, 0.1) is 6.10 Å². The van der Waals surface area contributed by atoms with Gasteiger partial charge >= 0.3 is 0 Å². The van der Waals surface area contributed by atoms with E-state index in [-0.39, 0.29) is 5.91 Å². The van der Waals surface area contributed by atoms with Crippen molar-refractivity contribution in [1.29, 1.82) is 0 Å². The van der Waals surface area contributed by atoms with Crippen LogP contribution in [0.15, 0.2) is 36.5 Å². The first-order chi connectivity index (χ1) is 10.2. The number of aliphatic hydroxyl groups excluding tert-OH is 1. The van der Waals surface area contributed by atoms with Crippen molar-refractivity contribution in [2.24, 2.45) is 0 Å². The maximum Gasteiger partial charge on any atom is 0.272 e. The van der Waals surface area contributed by atoms with Crippen molar-refractivity contribution in [3.05, 3.63) is 47.0 Å². The zero-order chi connectivity index (χ0) is 14.8. The van der Waals surface area contributed by atoms with Crippen LogP contribution in [-0.4, -0.2) is 44.7 Å². The molecular formula is C15H17N3O2S. The van der Waals surface area contributed by atoms with Crippen LogP contribution in [0.25, 0.3) is 5.69 Å². The molecule has 1 saturated heterocycles. The van der Waals surface area contributed by atoms with E-state index in [4.69, 9.17) is 12.2 Å².